The Morgan fingerprint density at radius 1 is 1.36 bits per heavy atom. The average Bonchev–Trinajstić information content (AvgIpc) is 2.15. The van der Waals surface area contributed by atoms with Gasteiger partial charge in [0.1, 0.15) is 6.61 Å². The van der Waals surface area contributed by atoms with Crippen LogP contribution in [-0.4, -0.2) is 6.09 Å². The second-order valence-corrected chi connectivity index (χ2v) is 2.65. The zero-order valence-electron chi connectivity index (χ0n) is 7.24. The number of halogens is 2. The molecule has 0 heterocycles. The Labute approximate surface area is 79.5 Å². The molecule has 0 unspecified atom stereocenters. The number of primary amides is 1. The highest BCUT2D eigenvalue weighted by molar-refractivity contribution is 5.64. The lowest BCUT2D eigenvalue weighted by Crippen LogP contribution is -2.12. The molecule has 1 amide bonds. The van der Waals surface area contributed by atoms with Gasteiger partial charge >= 0.3 is 6.09 Å². The van der Waals surface area contributed by atoms with Gasteiger partial charge in [-0.15, -0.1) is 0 Å². The molecule has 1 aromatic rings. The molecule has 0 aliphatic heterocycles. The molecule has 76 valence electrons. The molecule has 0 radical (unpaired) electrons. The summed E-state index contributed by atoms with van der Waals surface area (Å²) in [6.45, 7) is -0.00114. The molecule has 0 bridgehead atoms. The third kappa shape index (κ3) is 3.01. The van der Waals surface area contributed by atoms with Gasteiger partial charge in [0.05, 0.1) is 0 Å². The van der Waals surface area contributed by atoms with Gasteiger partial charge in [0.25, 0.3) is 6.43 Å². The maximum Gasteiger partial charge on any atom is 0.404 e. The van der Waals surface area contributed by atoms with E-state index < -0.39 is 12.5 Å². The number of rotatable bonds is 3. The Morgan fingerprint density at radius 3 is 2.36 bits per heavy atom. The van der Waals surface area contributed by atoms with Gasteiger partial charge in [0, 0.05) is 5.56 Å². The van der Waals surface area contributed by atoms with Gasteiger partial charge in [-0.05, 0) is 5.56 Å². The van der Waals surface area contributed by atoms with E-state index in [1.165, 1.54) is 24.3 Å². The first kappa shape index (κ1) is 10.4. The molecule has 3 nitrogen and oxygen atoms in total. The molecule has 5 heteroatoms. The fraction of sp³-hybridized carbons (Fsp3) is 0.222. The highest BCUT2D eigenvalue weighted by Gasteiger charge is 2.05. The van der Waals surface area contributed by atoms with Crippen LogP contribution >= 0.6 is 0 Å². The van der Waals surface area contributed by atoms with Gasteiger partial charge in [-0.25, -0.2) is 13.6 Å². The lowest BCUT2D eigenvalue weighted by atomic mass is 10.1. The van der Waals surface area contributed by atoms with E-state index in [2.05, 4.69) is 4.74 Å². The Hall–Kier alpha value is -1.65. The number of hydrogen-bond acceptors (Lipinski definition) is 2. The van der Waals surface area contributed by atoms with Crippen LogP contribution in [0.2, 0.25) is 0 Å². The van der Waals surface area contributed by atoms with Crippen molar-refractivity contribution in [1.82, 2.24) is 0 Å². The van der Waals surface area contributed by atoms with Crippen molar-refractivity contribution in [3.05, 3.63) is 35.4 Å². The van der Waals surface area contributed by atoms with Crippen molar-refractivity contribution >= 4 is 6.09 Å². The number of hydrogen-bond donors (Lipinski definition) is 1. The van der Waals surface area contributed by atoms with Crippen LogP contribution in [0, 0.1) is 0 Å². The van der Waals surface area contributed by atoms with Gasteiger partial charge in [-0.3, -0.25) is 0 Å². The van der Waals surface area contributed by atoms with Crippen LogP contribution in [0.25, 0.3) is 0 Å². The third-order valence-corrected chi connectivity index (χ3v) is 1.61. The van der Waals surface area contributed by atoms with E-state index in [1.807, 2.05) is 0 Å². The number of alkyl halides is 2. The fourth-order valence-electron chi connectivity index (χ4n) is 0.914. The molecule has 0 fully saturated rings. The molecule has 0 aliphatic carbocycles. The molecule has 14 heavy (non-hydrogen) atoms. The number of carbonyl (C=O) groups excluding carboxylic acids is 1. The minimum Gasteiger partial charge on any atom is -0.445 e. The van der Waals surface area contributed by atoms with Crippen molar-refractivity contribution in [2.75, 3.05) is 0 Å². The monoisotopic (exact) mass is 201 g/mol. The molecule has 0 atom stereocenters. The SMILES string of the molecule is NC(=O)OCc1ccc(C(F)F)cc1. The summed E-state index contributed by atoms with van der Waals surface area (Å²) in [7, 11) is 0. The van der Waals surface area contributed by atoms with Crippen molar-refractivity contribution in [2.24, 2.45) is 5.73 Å². The topological polar surface area (TPSA) is 52.3 Å². The molecule has 0 aliphatic rings. The zero-order valence-corrected chi connectivity index (χ0v) is 7.24. The Kier molecular flexibility index (Phi) is 3.39. The molecule has 0 saturated heterocycles. The lowest BCUT2D eigenvalue weighted by Gasteiger charge is -2.03. The largest absolute Gasteiger partial charge is 0.445 e. The Bertz CT molecular complexity index is 311. The van der Waals surface area contributed by atoms with Crippen LogP contribution in [0.3, 0.4) is 0 Å². The molecule has 0 saturated carbocycles. The quantitative estimate of drug-likeness (QED) is 0.815. The number of amides is 1. The minimum absolute atomic E-state index is 0.00114. The normalized spacial score (nSPS) is 10.2. The van der Waals surface area contributed by atoms with Crippen molar-refractivity contribution in [1.29, 1.82) is 0 Å². The second kappa shape index (κ2) is 4.55. The summed E-state index contributed by atoms with van der Waals surface area (Å²) in [6.07, 6.45) is -3.37. The molecule has 2 N–H and O–H groups in total. The number of ether oxygens (including phenoxy) is 1. The number of benzene rings is 1. The summed E-state index contributed by atoms with van der Waals surface area (Å²) in [5.41, 5.74) is 5.29. The summed E-state index contributed by atoms with van der Waals surface area (Å²) in [6, 6.07) is 5.49. The maximum absolute atomic E-state index is 12.1. The summed E-state index contributed by atoms with van der Waals surface area (Å²) in [4.78, 5) is 10.2. The zero-order chi connectivity index (χ0) is 10.6. The van der Waals surface area contributed by atoms with Crippen LogP contribution < -0.4 is 5.73 Å². The predicted octanol–water partition coefficient (Wildman–Crippen LogP) is 2.22. The fourth-order valence-corrected chi connectivity index (χ4v) is 0.914. The van der Waals surface area contributed by atoms with Crippen molar-refractivity contribution < 1.29 is 18.3 Å². The van der Waals surface area contributed by atoms with E-state index in [4.69, 9.17) is 5.73 Å². The lowest BCUT2D eigenvalue weighted by molar-refractivity contribution is 0.148. The van der Waals surface area contributed by atoms with Crippen molar-refractivity contribution in [3.8, 4) is 0 Å². The number of carbonyl (C=O) groups is 1. The second-order valence-electron chi connectivity index (χ2n) is 2.65. The van der Waals surface area contributed by atoms with E-state index in [-0.39, 0.29) is 12.2 Å². The first-order valence-electron chi connectivity index (χ1n) is 3.89. The highest BCUT2D eigenvalue weighted by atomic mass is 19.3. The van der Waals surface area contributed by atoms with Crippen LogP contribution in [0.15, 0.2) is 24.3 Å². The summed E-state index contributed by atoms with van der Waals surface area (Å²) < 4.78 is 28.7. The van der Waals surface area contributed by atoms with Gasteiger partial charge in [0.2, 0.25) is 0 Å². The van der Waals surface area contributed by atoms with Gasteiger partial charge in [-0.2, -0.15) is 0 Å². The third-order valence-electron chi connectivity index (χ3n) is 1.61. The maximum atomic E-state index is 12.1. The standard InChI is InChI=1S/C9H9F2NO2/c10-8(11)7-3-1-6(2-4-7)5-14-9(12)13/h1-4,8H,5H2,(H2,12,13). The average molecular weight is 201 g/mol. The van der Waals surface area contributed by atoms with Crippen LogP contribution in [0.1, 0.15) is 17.6 Å². The molecule has 0 spiro atoms. The molecule has 1 rings (SSSR count). The van der Waals surface area contributed by atoms with Crippen molar-refractivity contribution in [2.45, 2.75) is 13.0 Å². The van der Waals surface area contributed by atoms with Crippen LogP contribution in [0.5, 0.6) is 0 Å². The van der Waals surface area contributed by atoms with Crippen LogP contribution in [0.4, 0.5) is 13.6 Å². The van der Waals surface area contributed by atoms with Crippen LogP contribution in [-0.2, 0) is 11.3 Å². The predicted molar refractivity (Wildman–Crippen MR) is 45.8 cm³/mol. The van der Waals surface area contributed by atoms with E-state index in [0.717, 1.165) is 0 Å². The molecular weight excluding hydrogens is 192 g/mol. The van der Waals surface area contributed by atoms with E-state index in [1.54, 1.807) is 0 Å². The van der Waals surface area contributed by atoms with Gasteiger partial charge in [0.15, 0.2) is 0 Å². The van der Waals surface area contributed by atoms with E-state index in [0.29, 0.717) is 5.56 Å². The Balaban J connectivity index is 2.59. The Morgan fingerprint density at radius 2 is 1.93 bits per heavy atom. The first-order chi connectivity index (χ1) is 6.59. The summed E-state index contributed by atoms with van der Waals surface area (Å²) in [5.74, 6) is 0. The number of nitrogens with two attached hydrogens (primary N) is 1. The highest BCUT2D eigenvalue weighted by Crippen LogP contribution is 2.18. The minimum atomic E-state index is -2.49. The van der Waals surface area contributed by atoms with E-state index in [9.17, 15) is 13.6 Å². The molecule has 0 aromatic heterocycles. The summed E-state index contributed by atoms with van der Waals surface area (Å²) >= 11 is 0. The van der Waals surface area contributed by atoms with Crippen molar-refractivity contribution in [3.63, 3.8) is 0 Å². The molecular formula is C9H9F2NO2. The first-order valence-corrected chi connectivity index (χ1v) is 3.89. The smallest absolute Gasteiger partial charge is 0.404 e. The van der Waals surface area contributed by atoms with E-state index >= 15 is 0 Å². The van der Waals surface area contributed by atoms with Gasteiger partial charge < -0.3 is 10.5 Å². The van der Waals surface area contributed by atoms with Gasteiger partial charge in [-0.1, -0.05) is 24.3 Å². The molecule has 1 aromatic carbocycles. The summed E-state index contributed by atoms with van der Waals surface area (Å²) in [5, 5.41) is 0.